The summed E-state index contributed by atoms with van der Waals surface area (Å²) < 4.78 is 10.0. The molecule has 5 nitrogen and oxygen atoms in total. The van der Waals surface area contributed by atoms with Crippen LogP contribution < -0.4 is 0 Å². The fraction of sp³-hybridized carbons (Fsp3) is 0.625. The second kappa shape index (κ2) is 3.26. The number of aliphatic hydroxyl groups is 1. The summed E-state index contributed by atoms with van der Waals surface area (Å²) in [4.78, 5) is 13.0. The molecule has 0 spiro atoms. The zero-order valence-electron chi connectivity index (χ0n) is 7.10. The molecule has 0 bridgehead atoms. The number of hydrogen-bond donors (Lipinski definition) is 1. The maximum atomic E-state index is 11.5. The van der Waals surface area contributed by atoms with Crippen LogP contribution in [0, 0.1) is 0 Å². The van der Waals surface area contributed by atoms with Crippen molar-refractivity contribution in [2.75, 3.05) is 26.3 Å². The number of rotatable bonds is 1. The number of β-amino-alcohol motifs (C(OH)–C–C–N with tert-alkyl or cyclic N) is 1. The minimum absolute atomic E-state index is 0.204. The van der Waals surface area contributed by atoms with E-state index in [4.69, 9.17) is 14.6 Å². The average Bonchev–Trinajstić information content (AvgIpc) is 2.13. The van der Waals surface area contributed by atoms with Crippen LogP contribution in [0.1, 0.15) is 0 Å². The molecule has 72 valence electrons. The van der Waals surface area contributed by atoms with E-state index in [9.17, 15) is 4.79 Å². The molecule has 1 saturated heterocycles. The molecule has 2 heterocycles. The molecule has 13 heavy (non-hydrogen) atoms. The predicted octanol–water partition coefficient (Wildman–Crippen LogP) is -0.922. The van der Waals surface area contributed by atoms with E-state index in [0.717, 1.165) is 0 Å². The smallest absolute Gasteiger partial charge is 0.292 e. The van der Waals surface area contributed by atoms with Gasteiger partial charge in [0.2, 0.25) is 5.76 Å². The minimum Gasteiger partial charge on any atom is -0.494 e. The largest absolute Gasteiger partial charge is 0.494 e. The Morgan fingerprint density at radius 1 is 1.54 bits per heavy atom. The topological polar surface area (TPSA) is 59.0 Å². The molecule has 1 fully saturated rings. The first-order chi connectivity index (χ1) is 6.27. The Morgan fingerprint density at radius 2 is 2.31 bits per heavy atom. The first-order valence-electron chi connectivity index (χ1n) is 4.19. The molecule has 0 saturated carbocycles. The summed E-state index contributed by atoms with van der Waals surface area (Å²) in [7, 11) is 0. The summed E-state index contributed by atoms with van der Waals surface area (Å²) >= 11 is 0. The third-order valence-corrected chi connectivity index (χ3v) is 2.01. The van der Waals surface area contributed by atoms with Gasteiger partial charge in [-0.05, 0) is 0 Å². The number of likely N-dealkylation sites (tertiary alicyclic amines) is 1. The van der Waals surface area contributed by atoms with Crippen LogP contribution in [0.2, 0.25) is 0 Å². The number of aliphatic hydroxyl groups excluding tert-OH is 1. The molecule has 0 atom stereocenters. The summed E-state index contributed by atoms with van der Waals surface area (Å²) in [5, 5.41) is 8.98. The number of carbonyl (C=O) groups is 1. The van der Waals surface area contributed by atoms with Crippen LogP contribution in [0.3, 0.4) is 0 Å². The molecule has 0 aromatic heterocycles. The molecule has 0 aromatic rings. The van der Waals surface area contributed by atoms with Crippen LogP contribution in [-0.2, 0) is 14.3 Å². The zero-order chi connectivity index (χ0) is 9.26. The highest BCUT2D eigenvalue weighted by atomic mass is 16.6. The van der Waals surface area contributed by atoms with Gasteiger partial charge in [-0.2, -0.15) is 0 Å². The van der Waals surface area contributed by atoms with Gasteiger partial charge >= 0.3 is 0 Å². The third kappa shape index (κ3) is 1.60. The Balaban J connectivity index is 1.93. The van der Waals surface area contributed by atoms with Gasteiger partial charge in [-0.1, -0.05) is 0 Å². The lowest BCUT2D eigenvalue weighted by molar-refractivity contribution is -0.142. The van der Waals surface area contributed by atoms with Crippen molar-refractivity contribution in [2.24, 2.45) is 0 Å². The molecule has 0 aromatic carbocycles. The van der Waals surface area contributed by atoms with Crippen molar-refractivity contribution >= 4 is 5.91 Å². The Kier molecular flexibility index (Phi) is 2.10. The van der Waals surface area contributed by atoms with Gasteiger partial charge in [0.15, 0.2) is 0 Å². The van der Waals surface area contributed by atoms with Gasteiger partial charge in [-0.25, -0.2) is 0 Å². The van der Waals surface area contributed by atoms with E-state index in [1.165, 1.54) is 11.2 Å². The van der Waals surface area contributed by atoms with E-state index in [1.54, 1.807) is 0 Å². The van der Waals surface area contributed by atoms with Crippen LogP contribution >= 0.6 is 0 Å². The molecule has 2 rings (SSSR count). The van der Waals surface area contributed by atoms with Gasteiger partial charge in [0.25, 0.3) is 5.91 Å². The van der Waals surface area contributed by atoms with Crippen LogP contribution in [0.15, 0.2) is 12.0 Å². The fourth-order valence-corrected chi connectivity index (χ4v) is 1.26. The van der Waals surface area contributed by atoms with Gasteiger partial charge in [0.1, 0.15) is 19.5 Å². The molecule has 0 unspecified atom stereocenters. The van der Waals surface area contributed by atoms with Crippen molar-refractivity contribution in [2.45, 2.75) is 6.10 Å². The van der Waals surface area contributed by atoms with Gasteiger partial charge < -0.3 is 19.5 Å². The summed E-state index contributed by atoms with van der Waals surface area (Å²) in [5.41, 5.74) is 0. The van der Waals surface area contributed by atoms with Crippen molar-refractivity contribution in [3.8, 4) is 0 Å². The van der Waals surface area contributed by atoms with E-state index < -0.39 is 0 Å². The predicted molar refractivity (Wildman–Crippen MR) is 42.6 cm³/mol. The highest BCUT2D eigenvalue weighted by Gasteiger charge is 2.32. The number of nitrogens with zero attached hydrogens (tertiary/aromatic N) is 1. The van der Waals surface area contributed by atoms with Crippen LogP contribution in [0.5, 0.6) is 0 Å². The van der Waals surface area contributed by atoms with E-state index in [2.05, 4.69) is 0 Å². The third-order valence-electron chi connectivity index (χ3n) is 2.01. The van der Waals surface area contributed by atoms with Gasteiger partial charge in [0, 0.05) is 13.1 Å². The van der Waals surface area contributed by atoms with Crippen molar-refractivity contribution in [3.63, 3.8) is 0 Å². The summed E-state index contributed by atoms with van der Waals surface area (Å²) in [5.74, 6) is 0.0307. The van der Waals surface area contributed by atoms with E-state index in [0.29, 0.717) is 26.3 Å². The first-order valence-corrected chi connectivity index (χ1v) is 4.19. The Morgan fingerprint density at radius 3 is 2.85 bits per heavy atom. The maximum absolute atomic E-state index is 11.5. The second-order valence-electron chi connectivity index (χ2n) is 3.07. The normalized spacial score (nSPS) is 22.5. The summed E-state index contributed by atoms with van der Waals surface area (Å²) in [6, 6.07) is 0. The molecule has 2 aliphatic rings. The van der Waals surface area contributed by atoms with Crippen molar-refractivity contribution < 1.29 is 19.4 Å². The lowest BCUT2D eigenvalue weighted by atomic mass is 10.1. The molecule has 1 N–H and O–H groups in total. The Bertz CT molecular complexity index is 245. The molecule has 0 aliphatic carbocycles. The molecule has 0 radical (unpaired) electrons. The highest BCUT2D eigenvalue weighted by Crippen LogP contribution is 2.14. The number of amides is 1. The fourth-order valence-electron chi connectivity index (χ4n) is 1.26. The standard InChI is InChI=1S/C8H11NO4/c10-6-3-9(4-6)8(11)7-5-12-1-2-13-7/h5-6,10H,1-4H2. The number of carbonyl (C=O) groups excluding carboxylic acids is 1. The van der Waals surface area contributed by atoms with Crippen LogP contribution in [-0.4, -0.2) is 48.3 Å². The van der Waals surface area contributed by atoms with Gasteiger partial charge in [0.05, 0.1) is 6.10 Å². The van der Waals surface area contributed by atoms with E-state index in [1.807, 2.05) is 0 Å². The Labute approximate surface area is 75.5 Å². The monoisotopic (exact) mass is 185 g/mol. The highest BCUT2D eigenvalue weighted by molar-refractivity contribution is 5.91. The van der Waals surface area contributed by atoms with Gasteiger partial charge in [-0.15, -0.1) is 0 Å². The van der Waals surface area contributed by atoms with Crippen LogP contribution in [0.4, 0.5) is 0 Å². The lowest BCUT2D eigenvalue weighted by Gasteiger charge is -2.36. The number of hydrogen-bond acceptors (Lipinski definition) is 4. The Hall–Kier alpha value is -1.23. The lowest BCUT2D eigenvalue weighted by Crippen LogP contribution is -2.54. The average molecular weight is 185 g/mol. The van der Waals surface area contributed by atoms with E-state index >= 15 is 0 Å². The minimum atomic E-state index is -0.381. The first kappa shape index (κ1) is 8.37. The van der Waals surface area contributed by atoms with Gasteiger partial charge in [-0.3, -0.25) is 4.79 Å². The molecule has 5 heteroatoms. The summed E-state index contributed by atoms with van der Waals surface area (Å²) in [6.07, 6.45) is 0.949. The second-order valence-corrected chi connectivity index (χ2v) is 3.07. The summed E-state index contributed by atoms with van der Waals surface area (Å²) in [6.45, 7) is 1.67. The van der Waals surface area contributed by atoms with E-state index in [-0.39, 0.29) is 17.8 Å². The molecular weight excluding hydrogens is 174 g/mol. The maximum Gasteiger partial charge on any atom is 0.292 e. The van der Waals surface area contributed by atoms with Crippen molar-refractivity contribution in [1.82, 2.24) is 4.90 Å². The quantitative estimate of drug-likeness (QED) is 0.574. The SMILES string of the molecule is O=C(C1=COCCO1)N1CC(O)C1. The number of ether oxygens (including phenoxy) is 2. The molecule has 1 amide bonds. The van der Waals surface area contributed by atoms with Crippen molar-refractivity contribution in [3.05, 3.63) is 12.0 Å². The zero-order valence-corrected chi connectivity index (χ0v) is 7.10. The molecule has 2 aliphatic heterocycles. The van der Waals surface area contributed by atoms with Crippen LogP contribution in [0.25, 0.3) is 0 Å². The van der Waals surface area contributed by atoms with Crippen molar-refractivity contribution in [1.29, 1.82) is 0 Å². The molecular formula is C8H11NO4.